The van der Waals surface area contributed by atoms with E-state index >= 15 is 0 Å². The van der Waals surface area contributed by atoms with E-state index in [-0.39, 0.29) is 32.1 Å². The summed E-state index contributed by atoms with van der Waals surface area (Å²) in [5.41, 5.74) is 0. The summed E-state index contributed by atoms with van der Waals surface area (Å²) in [5, 5.41) is 0. The minimum Gasteiger partial charge on any atom is -1.00 e. The van der Waals surface area contributed by atoms with Crippen LogP contribution in [0.15, 0.2) is 0 Å². The van der Waals surface area contributed by atoms with Gasteiger partial charge in [-0.25, -0.2) is 0 Å². The Morgan fingerprint density at radius 2 is 1.50 bits per heavy atom. The zero-order chi connectivity index (χ0) is 3.58. The van der Waals surface area contributed by atoms with Crippen LogP contribution in [-0.4, -0.2) is 32.8 Å². The van der Waals surface area contributed by atoms with Crippen LogP contribution in [0.4, 0.5) is 0 Å². The predicted molar refractivity (Wildman–Crippen MR) is 25.0 cm³/mol. The van der Waals surface area contributed by atoms with E-state index < -0.39 is 8.25 Å². The Kier molecular flexibility index (Phi) is 24.4. The molecule has 0 aliphatic heterocycles. The maximum absolute atomic E-state index is 8.70. The largest absolute Gasteiger partial charge is 2.00 e. The second kappa shape index (κ2) is 9.22. The molecular formula is H7MgNO3P+. The summed E-state index contributed by atoms with van der Waals surface area (Å²) in [6.07, 6.45) is 0. The van der Waals surface area contributed by atoms with Gasteiger partial charge in [0.25, 0.3) is 0 Å². The van der Waals surface area contributed by atoms with E-state index in [0.29, 0.717) is 0 Å². The topological polar surface area (TPSA) is 92.5 Å². The fourth-order valence-electron chi connectivity index (χ4n) is 0. The van der Waals surface area contributed by atoms with Crippen LogP contribution >= 0.6 is 8.25 Å². The van der Waals surface area contributed by atoms with E-state index in [2.05, 4.69) is 0 Å². The Morgan fingerprint density at radius 3 is 1.50 bits per heavy atom. The van der Waals surface area contributed by atoms with Gasteiger partial charge >= 0.3 is 31.3 Å². The summed E-state index contributed by atoms with van der Waals surface area (Å²) >= 11 is 0. The Labute approximate surface area is 55.2 Å². The Hall–Kier alpha value is 0.746. The van der Waals surface area contributed by atoms with Crippen LogP contribution in [0, 0.1) is 0 Å². The molecule has 0 saturated carbocycles. The van der Waals surface area contributed by atoms with Crippen molar-refractivity contribution < 1.29 is 17.2 Å². The fourth-order valence-corrected chi connectivity index (χ4v) is 0. The van der Waals surface area contributed by atoms with Crippen LogP contribution in [0.2, 0.25) is 0 Å². The molecule has 0 saturated heterocycles. The van der Waals surface area contributed by atoms with Crippen LogP contribution in [0.3, 0.4) is 0 Å². The van der Waals surface area contributed by atoms with Crippen molar-refractivity contribution in [1.29, 1.82) is 0 Å². The summed E-state index contributed by atoms with van der Waals surface area (Å²) in [6.45, 7) is 0. The molecule has 6 heavy (non-hydrogen) atoms. The average molecular weight is 124 g/mol. The van der Waals surface area contributed by atoms with Crippen LogP contribution < -0.4 is 6.15 Å². The van der Waals surface area contributed by atoms with E-state index in [1.165, 1.54) is 0 Å². The van der Waals surface area contributed by atoms with Crippen molar-refractivity contribution >= 4 is 31.3 Å². The van der Waals surface area contributed by atoms with Gasteiger partial charge in [-0.15, -0.1) is 9.79 Å². The molecule has 0 spiro atoms. The van der Waals surface area contributed by atoms with Crippen molar-refractivity contribution in [2.24, 2.45) is 0 Å². The molecule has 0 fully saturated rings. The quantitative estimate of drug-likeness (QED) is 0.303. The van der Waals surface area contributed by atoms with Gasteiger partial charge in [-0.1, -0.05) is 0 Å². The fraction of sp³-hybridized carbons (Fsp3) is 0. The molecule has 0 aliphatic carbocycles. The smallest absolute Gasteiger partial charge is 1.00 e. The molecule has 5 N–H and O–H groups in total. The van der Waals surface area contributed by atoms with Gasteiger partial charge in [0.05, 0.1) is 0 Å². The predicted octanol–water partition coefficient (Wildman–Crippen LogP) is -0.365. The first-order chi connectivity index (χ1) is 1.73. The number of rotatable bonds is 0. The molecule has 0 unspecified atom stereocenters. The van der Waals surface area contributed by atoms with Crippen molar-refractivity contribution in [3.05, 3.63) is 0 Å². The molecule has 0 rings (SSSR count). The molecule has 0 aromatic heterocycles. The standard InChI is InChI=1S/Mg.H3N.HO3P.2H/c;;1-4(2)3;;/h;1H3;(H-,1,2,3);;/q+2;;;2*-1/p+1. The number of hydrogen-bond donors (Lipinski definition) is 3. The van der Waals surface area contributed by atoms with Crippen molar-refractivity contribution in [2.45, 2.75) is 0 Å². The molecule has 36 valence electrons. The van der Waals surface area contributed by atoms with E-state index in [1.807, 2.05) is 0 Å². The van der Waals surface area contributed by atoms with Gasteiger partial charge in [0, 0.05) is 4.57 Å². The zero-order valence-corrected chi connectivity index (χ0v) is 5.47. The summed E-state index contributed by atoms with van der Waals surface area (Å²) in [4.78, 5) is 14.2. The van der Waals surface area contributed by atoms with Crippen molar-refractivity contribution in [3.8, 4) is 0 Å². The summed E-state index contributed by atoms with van der Waals surface area (Å²) in [5.74, 6) is 0. The summed E-state index contributed by atoms with van der Waals surface area (Å²) < 4.78 is 8.70. The van der Waals surface area contributed by atoms with E-state index in [4.69, 9.17) is 14.4 Å². The van der Waals surface area contributed by atoms with Crippen molar-refractivity contribution in [1.82, 2.24) is 6.15 Å². The zero-order valence-electron chi connectivity index (χ0n) is 5.16. The van der Waals surface area contributed by atoms with Gasteiger partial charge in [0.1, 0.15) is 0 Å². The molecule has 0 atom stereocenters. The van der Waals surface area contributed by atoms with Gasteiger partial charge in [0.2, 0.25) is 0 Å². The van der Waals surface area contributed by atoms with Gasteiger partial charge in [-0.3, -0.25) is 0 Å². The summed E-state index contributed by atoms with van der Waals surface area (Å²) in [6, 6.07) is 0. The molecule has 0 aliphatic rings. The van der Waals surface area contributed by atoms with Crippen LogP contribution in [0.25, 0.3) is 0 Å². The molecule has 0 radical (unpaired) electrons. The normalized spacial score (nSPS) is 4.33. The SMILES string of the molecule is N.O=[P+](O)O.[H-].[H-].[Mg+2]. The van der Waals surface area contributed by atoms with E-state index in [9.17, 15) is 0 Å². The van der Waals surface area contributed by atoms with Gasteiger partial charge < -0.3 is 9.00 Å². The third-order valence-electron chi connectivity index (χ3n) is 0. The van der Waals surface area contributed by atoms with Crippen molar-refractivity contribution in [3.63, 3.8) is 0 Å². The first-order valence-corrected chi connectivity index (χ1v) is 1.75. The van der Waals surface area contributed by atoms with Gasteiger partial charge in [-0.05, 0) is 0 Å². The molecule has 6 heteroatoms. The summed E-state index contributed by atoms with van der Waals surface area (Å²) in [7, 11) is -2.87. The maximum Gasteiger partial charge on any atom is 2.00 e. The molecule has 0 heterocycles. The molecule has 4 nitrogen and oxygen atoms in total. The monoisotopic (exact) mass is 124 g/mol. The van der Waals surface area contributed by atoms with Gasteiger partial charge in [-0.2, -0.15) is 0 Å². The molecule has 0 aromatic carbocycles. The minimum absolute atomic E-state index is 0. The Morgan fingerprint density at radius 1 is 1.50 bits per heavy atom. The average Bonchev–Trinajstić information content (AvgIpc) is 0.811. The van der Waals surface area contributed by atoms with Crippen LogP contribution in [0.1, 0.15) is 2.85 Å². The first kappa shape index (κ1) is 15.9. The van der Waals surface area contributed by atoms with Crippen molar-refractivity contribution in [2.75, 3.05) is 0 Å². The molecule has 0 amide bonds. The molecule has 0 aromatic rings. The van der Waals surface area contributed by atoms with Crippen LogP contribution in [-0.2, 0) is 4.57 Å². The second-order valence-electron chi connectivity index (χ2n) is 0.253. The van der Waals surface area contributed by atoms with E-state index in [1.54, 1.807) is 0 Å². The molecular weight excluding hydrogens is 117 g/mol. The Bertz CT molecular complexity index is 40.3. The second-order valence-corrected chi connectivity index (χ2v) is 0.758. The number of hydrogen-bond acceptors (Lipinski definition) is 2. The molecule has 0 bridgehead atoms. The first-order valence-electron chi connectivity index (χ1n) is 0.583. The Balaban J connectivity index is -0.00000000750. The van der Waals surface area contributed by atoms with Gasteiger partial charge in [0.15, 0.2) is 0 Å². The maximum atomic E-state index is 8.70. The van der Waals surface area contributed by atoms with Crippen LogP contribution in [0.5, 0.6) is 0 Å². The minimum atomic E-state index is -2.87. The van der Waals surface area contributed by atoms with E-state index in [0.717, 1.165) is 0 Å². The third-order valence-corrected chi connectivity index (χ3v) is 0. The third kappa shape index (κ3) is 120.